The number of hydrogen-bond acceptors (Lipinski definition) is 7. The van der Waals surface area contributed by atoms with Crippen molar-refractivity contribution >= 4 is 21.7 Å². The molecule has 0 saturated carbocycles. The van der Waals surface area contributed by atoms with E-state index in [9.17, 15) is 13.2 Å². The summed E-state index contributed by atoms with van der Waals surface area (Å²) in [6.07, 6.45) is -11.6. The molecular formula is C26H32N4O4S. The molecule has 0 aliphatic carbocycles. The molecule has 0 bridgehead atoms. The van der Waals surface area contributed by atoms with Crippen LogP contribution in [-0.2, 0) is 19.6 Å². The number of anilines is 1. The van der Waals surface area contributed by atoms with Gasteiger partial charge < -0.3 is 9.64 Å². The molecule has 0 radical (unpaired) electrons. The highest BCUT2D eigenvalue weighted by Crippen LogP contribution is 2.30. The van der Waals surface area contributed by atoms with Crippen molar-refractivity contribution in [3.63, 3.8) is 0 Å². The predicted octanol–water partition coefficient (Wildman–Crippen LogP) is 3.90. The van der Waals surface area contributed by atoms with E-state index in [1.807, 2.05) is 0 Å². The van der Waals surface area contributed by atoms with Gasteiger partial charge in [-0.3, -0.25) is 14.5 Å². The van der Waals surface area contributed by atoms with Crippen LogP contribution in [0, 0.1) is 0 Å². The summed E-state index contributed by atoms with van der Waals surface area (Å²) in [5.74, 6) is -2.73. The van der Waals surface area contributed by atoms with Gasteiger partial charge in [0, 0.05) is 50.8 Å². The lowest BCUT2D eigenvalue weighted by atomic mass is 10.0. The molecule has 1 amide bonds. The van der Waals surface area contributed by atoms with Crippen LogP contribution in [0.3, 0.4) is 0 Å². The third kappa shape index (κ3) is 8.15. The molecule has 1 aromatic heterocycles. The van der Waals surface area contributed by atoms with Gasteiger partial charge >= 0.3 is 0 Å². The molecule has 1 heterocycles. The Kier molecular flexibility index (Phi) is 4.12. The van der Waals surface area contributed by atoms with E-state index in [0.717, 1.165) is 10.9 Å². The second-order valence-electron chi connectivity index (χ2n) is 6.71. The Labute approximate surface area is 231 Å². The van der Waals surface area contributed by atoms with Gasteiger partial charge in [-0.25, -0.2) is 13.4 Å². The minimum Gasteiger partial charge on any atom is -0.372 e. The van der Waals surface area contributed by atoms with E-state index >= 15 is 0 Å². The first kappa shape index (κ1) is 11.6. The van der Waals surface area contributed by atoms with Gasteiger partial charge in [-0.05, 0) is 26.4 Å². The number of sulfonamides is 1. The Bertz CT molecular complexity index is 1820. The molecule has 0 spiro atoms. The average molecular weight is 514 g/mol. The van der Waals surface area contributed by atoms with Gasteiger partial charge in [-0.1, -0.05) is 60.7 Å². The van der Waals surface area contributed by atoms with Crippen molar-refractivity contribution < 1.29 is 41.3 Å². The molecule has 3 rings (SSSR count). The van der Waals surface area contributed by atoms with Gasteiger partial charge in [0.2, 0.25) is 10.0 Å². The first-order valence-electron chi connectivity index (χ1n) is 18.4. The largest absolute Gasteiger partial charge is 0.372 e. The molecule has 9 heteroatoms. The number of nitrogens with one attached hydrogen (secondary N) is 1. The van der Waals surface area contributed by atoms with Gasteiger partial charge in [-0.2, -0.15) is 0 Å². The van der Waals surface area contributed by atoms with E-state index in [1.54, 1.807) is 60.7 Å². The van der Waals surface area contributed by atoms with Crippen LogP contribution in [0.1, 0.15) is 49.8 Å². The zero-order chi connectivity index (χ0) is 39.9. The number of benzene rings is 2. The molecule has 0 atom stereocenters. The summed E-state index contributed by atoms with van der Waals surface area (Å²) in [4.78, 5) is 20.7. The summed E-state index contributed by atoms with van der Waals surface area (Å²) in [6, 6.07) is 13.3. The second kappa shape index (κ2) is 12.4. The van der Waals surface area contributed by atoms with Gasteiger partial charge in [-0.15, -0.1) is 0 Å². The highest BCUT2D eigenvalue weighted by atomic mass is 32.2. The topological polar surface area (TPSA) is 101 Å². The van der Waals surface area contributed by atoms with Crippen molar-refractivity contribution in [1.29, 1.82) is 0 Å². The summed E-state index contributed by atoms with van der Waals surface area (Å²) in [7, 11) is -5.33. The van der Waals surface area contributed by atoms with Gasteiger partial charge in [0.1, 0.15) is 12.4 Å². The minimum absolute atomic E-state index is 0.0554. The summed E-state index contributed by atoms with van der Waals surface area (Å²) < 4.78 is 167. The molecule has 35 heavy (non-hydrogen) atoms. The van der Waals surface area contributed by atoms with E-state index in [0.29, 0.717) is 11.1 Å². The van der Waals surface area contributed by atoms with Crippen LogP contribution >= 0.6 is 0 Å². The number of hydrogen-bond donors (Lipinski definition) is 1. The molecule has 8 nitrogen and oxygen atoms in total. The van der Waals surface area contributed by atoms with Crippen LogP contribution in [0.2, 0.25) is 0 Å². The van der Waals surface area contributed by atoms with Crippen molar-refractivity contribution in [3.8, 4) is 22.5 Å². The van der Waals surface area contributed by atoms with Gasteiger partial charge in [0.15, 0.2) is 0 Å². The average Bonchev–Trinajstić information content (AvgIpc) is 3.01. The third-order valence-electron chi connectivity index (χ3n) is 4.17. The van der Waals surface area contributed by atoms with Crippen LogP contribution in [0.5, 0.6) is 0 Å². The smallest absolute Gasteiger partial charge is 0.259 e. The molecule has 0 aliphatic heterocycles. The van der Waals surface area contributed by atoms with Crippen molar-refractivity contribution in [2.75, 3.05) is 30.7 Å². The summed E-state index contributed by atoms with van der Waals surface area (Å²) in [5, 5.41) is 0. The predicted molar refractivity (Wildman–Crippen MR) is 138 cm³/mol. The number of carbonyl (C=O) groups is 1. The summed E-state index contributed by atoms with van der Waals surface area (Å²) >= 11 is 0. The second-order valence-corrected chi connectivity index (χ2v) is 7.92. The van der Waals surface area contributed by atoms with Gasteiger partial charge in [0.05, 0.1) is 26.5 Å². The molecule has 2 aromatic carbocycles. The van der Waals surface area contributed by atoms with E-state index in [-0.39, 0.29) is 16.3 Å². The van der Waals surface area contributed by atoms with Crippen molar-refractivity contribution in [2.45, 2.75) is 32.5 Å². The fourth-order valence-electron chi connectivity index (χ4n) is 2.79. The first-order valence-corrected chi connectivity index (χ1v) is 11.3. The molecule has 1 N–H and O–H groups in total. The van der Waals surface area contributed by atoms with E-state index in [4.69, 9.17) is 23.3 Å². The Morgan fingerprint density at radius 3 is 2.34 bits per heavy atom. The fraction of sp³-hybridized carbons (Fsp3) is 0.346. The lowest BCUT2D eigenvalue weighted by Gasteiger charge is -2.28. The Balaban J connectivity index is 2.25. The maximum absolute atomic E-state index is 12.1. The molecule has 0 aliphatic rings. The monoisotopic (exact) mass is 513 g/mol. The number of carbonyl (C=O) groups excluding carboxylic acids is 1. The number of nitrogens with zero attached hydrogens (tertiary/aromatic N) is 3. The summed E-state index contributed by atoms with van der Waals surface area (Å²) in [6.45, 7) is -17.3. The molecule has 0 unspecified atom stereocenters. The Morgan fingerprint density at radius 2 is 1.71 bits per heavy atom. The number of amides is 1. The molecule has 186 valence electrons. The lowest BCUT2D eigenvalue weighted by Crippen LogP contribution is -2.33. The molecule has 0 fully saturated rings. The van der Waals surface area contributed by atoms with E-state index in [1.165, 1.54) is 0 Å². The van der Waals surface area contributed by atoms with Crippen LogP contribution in [-0.4, -0.2) is 56.2 Å². The molecule has 0 saturated heterocycles. The standard InChI is InChI=1S/C26H32N4O4S/c1-20(2)30(16-10-11-17-34-19-24(31)29-35(3,32)33)23-18-27-25(21-12-6-4-7-13-21)26(28-23)22-14-8-5-9-15-22/h4-9,12-15,18,20H,10-11,16-17,19H2,1-3H3,(H,29,31)/i1D3,2D3,3D3,10D2,11D2,16D2,17D2. The van der Waals surface area contributed by atoms with Crippen molar-refractivity contribution in [3.05, 3.63) is 66.9 Å². The number of ether oxygens (including phenoxy) is 1. The highest BCUT2D eigenvalue weighted by Gasteiger charge is 2.17. The Hall–Kier alpha value is -3.30. The van der Waals surface area contributed by atoms with Gasteiger partial charge in [0.25, 0.3) is 5.91 Å². The number of aromatic nitrogens is 2. The fourth-order valence-corrected chi connectivity index (χ4v) is 3.14. The number of rotatable bonds is 12. The zero-order valence-corrected chi connectivity index (χ0v) is 18.8. The maximum Gasteiger partial charge on any atom is 0.259 e. The van der Waals surface area contributed by atoms with Crippen molar-refractivity contribution in [1.82, 2.24) is 14.7 Å². The maximum atomic E-state index is 12.1. The molecule has 3 aromatic rings. The van der Waals surface area contributed by atoms with Crippen LogP contribution in [0.4, 0.5) is 5.82 Å². The first-order chi connectivity index (χ1) is 23.4. The van der Waals surface area contributed by atoms with Crippen LogP contribution in [0.15, 0.2) is 66.9 Å². The zero-order valence-electron chi connectivity index (χ0n) is 35.0. The van der Waals surface area contributed by atoms with Crippen LogP contribution < -0.4 is 9.62 Å². The van der Waals surface area contributed by atoms with E-state index < -0.39 is 80.1 Å². The highest BCUT2D eigenvalue weighted by molar-refractivity contribution is 7.89. The molecular weight excluding hydrogens is 464 g/mol. The summed E-state index contributed by atoms with van der Waals surface area (Å²) in [5.41, 5.74) is 0.876. The SMILES string of the molecule is [2H]C([2H])([2H])C(N(c1cnc(-c2ccccc2)c(-c2ccccc2)n1)C([2H])([2H])C([2H])([2H])C([2H])([2H])C([2H])([2H])OCC(=O)NS(=O)(=O)C([2H])([2H])[2H])C([2H])([2H])[2H]. The van der Waals surface area contributed by atoms with E-state index in [2.05, 4.69) is 14.7 Å². The lowest BCUT2D eigenvalue weighted by molar-refractivity contribution is -0.123. The van der Waals surface area contributed by atoms with Crippen molar-refractivity contribution in [2.24, 2.45) is 0 Å². The third-order valence-corrected chi connectivity index (χ3v) is 4.67. The minimum atomic E-state index is -5.33. The normalized spacial score (nSPS) is 21.3. The van der Waals surface area contributed by atoms with Crippen LogP contribution in [0.25, 0.3) is 22.5 Å². The Morgan fingerprint density at radius 1 is 1.06 bits per heavy atom. The quantitative estimate of drug-likeness (QED) is 0.392.